The fourth-order valence-corrected chi connectivity index (χ4v) is 0.796. The monoisotopic (exact) mass is 150 g/mol. The molecule has 1 heterocycles. The average Bonchev–Trinajstić information content (AvgIpc) is 2.01. The van der Waals surface area contributed by atoms with Gasteiger partial charge in [-0.3, -0.25) is 4.79 Å². The van der Waals surface area contributed by atoms with Crippen molar-refractivity contribution >= 4 is 0 Å². The lowest BCUT2D eigenvalue weighted by atomic mass is 10.2. The van der Waals surface area contributed by atoms with Crippen LogP contribution in [0.25, 0.3) is 0 Å². The van der Waals surface area contributed by atoms with Gasteiger partial charge in [-0.25, -0.2) is 4.98 Å². The minimum atomic E-state index is -0.0981. The van der Waals surface area contributed by atoms with Gasteiger partial charge in [-0.05, 0) is 12.8 Å². The fraction of sp³-hybridized carbons (Fsp3) is 0.250. The predicted molar refractivity (Wildman–Crippen MR) is 43.4 cm³/mol. The number of nitrogens with one attached hydrogen (secondary N) is 1. The Morgan fingerprint density at radius 1 is 1.73 bits per heavy atom. The number of aromatic amines is 1. The van der Waals surface area contributed by atoms with E-state index in [1.165, 1.54) is 12.4 Å². The van der Waals surface area contributed by atoms with E-state index in [9.17, 15) is 4.79 Å². The Bertz CT molecular complexity index is 290. The van der Waals surface area contributed by atoms with Crippen LogP contribution in [0.1, 0.15) is 12.1 Å². The Hall–Kier alpha value is -1.38. The van der Waals surface area contributed by atoms with Crippen molar-refractivity contribution in [2.75, 3.05) is 0 Å². The highest BCUT2D eigenvalue weighted by Gasteiger charge is 1.91. The van der Waals surface area contributed by atoms with Gasteiger partial charge in [0, 0.05) is 11.8 Å². The zero-order chi connectivity index (χ0) is 8.10. The van der Waals surface area contributed by atoms with Gasteiger partial charge < -0.3 is 4.98 Å². The van der Waals surface area contributed by atoms with Crippen LogP contribution in [0.4, 0.5) is 0 Å². The fourth-order valence-electron chi connectivity index (χ4n) is 0.796. The summed E-state index contributed by atoms with van der Waals surface area (Å²) in [4.78, 5) is 17.2. The molecule has 0 bridgehead atoms. The summed E-state index contributed by atoms with van der Waals surface area (Å²) in [5.74, 6) is 0. The van der Waals surface area contributed by atoms with E-state index in [1.54, 1.807) is 0 Å². The molecule has 0 aliphatic heterocycles. The molecule has 0 aliphatic carbocycles. The Morgan fingerprint density at radius 2 is 2.55 bits per heavy atom. The number of rotatable bonds is 3. The van der Waals surface area contributed by atoms with E-state index >= 15 is 0 Å². The van der Waals surface area contributed by atoms with E-state index in [1.807, 2.05) is 6.08 Å². The van der Waals surface area contributed by atoms with Crippen LogP contribution < -0.4 is 5.56 Å². The molecule has 1 aromatic heterocycles. The first-order valence-electron chi connectivity index (χ1n) is 3.47. The van der Waals surface area contributed by atoms with Gasteiger partial charge >= 0.3 is 0 Å². The molecule has 0 fully saturated rings. The Kier molecular flexibility index (Phi) is 2.60. The van der Waals surface area contributed by atoms with Crippen LogP contribution in [-0.4, -0.2) is 9.97 Å². The van der Waals surface area contributed by atoms with Crippen molar-refractivity contribution in [3.8, 4) is 0 Å². The van der Waals surface area contributed by atoms with E-state index < -0.39 is 0 Å². The number of allylic oxidation sites excluding steroid dienone is 1. The molecule has 0 aromatic carbocycles. The molecule has 0 radical (unpaired) electrons. The topological polar surface area (TPSA) is 45.8 Å². The first kappa shape index (κ1) is 7.72. The molecule has 0 spiro atoms. The molecule has 58 valence electrons. The highest BCUT2D eigenvalue weighted by molar-refractivity contribution is 4.99. The van der Waals surface area contributed by atoms with Crippen LogP contribution in [0.3, 0.4) is 0 Å². The maximum absolute atomic E-state index is 10.7. The Labute approximate surface area is 64.8 Å². The molecule has 0 amide bonds. The lowest BCUT2D eigenvalue weighted by molar-refractivity contribution is 0.917. The van der Waals surface area contributed by atoms with Crippen molar-refractivity contribution in [3.63, 3.8) is 0 Å². The quantitative estimate of drug-likeness (QED) is 0.650. The molecule has 0 atom stereocenters. The first-order chi connectivity index (χ1) is 5.33. The van der Waals surface area contributed by atoms with Crippen LogP contribution in [0.2, 0.25) is 0 Å². The molecule has 0 unspecified atom stereocenters. The molecule has 3 nitrogen and oxygen atoms in total. The molecule has 11 heavy (non-hydrogen) atoms. The second-order valence-electron chi connectivity index (χ2n) is 2.23. The first-order valence-corrected chi connectivity index (χ1v) is 3.47. The normalized spacial score (nSPS) is 9.45. The molecule has 3 heteroatoms. The number of nitrogens with zero attached hydrogens (tertiary/aromatic N) is 1. The van der Waals surface area contributed by atoms with Gasteiger partial charge in [0.15, 0.2) is 0 Å². The minimum Gasteiger partial charge on any atom is -0.313 e. The van der Waals surface area contributed by atoms with Crippen LogP contribution in [0.15, 0.2) is 29.8 Å². The number of aryl methyl sites for hydroxylation is 1. The van der Waals surface area contributed by atoms with Gasteiger partial charge in [-0.2, -0.15) is 0 Å². The molecular weight excluding hydrogens is 140 g/mol. The lowest BCUT2D eigenvalue weighted by Crippen LogP contribution is -2.06. The smallest absolute Gasteiger partial charge is 0.250 e. The van der Waals surface area contributed by atoms with Crippen molar-refractivity contribution < 1.29 is 0 Å². The summed E-state index contributed by atoms with van der Waals surface area (Å²) in [6.07, 6.45) is 4.87. The van der Waals surface area contributed by atoms with E-state index in [2.05, 4.69) is 16.5 Å². The number of H-pyrrole nitrogens is 1. The van der Waals surface area contributed by atoms with Gasteiger partial charge in [0.25, 0.3) is 5.56 Å². The maximum atomic E-state index is 10.7. The third kappa shape index (κ3) is 2.37. The molecule has 0 aliphatic rings. The second-order valence-corrected chi connectivity index (χ2v) is 2.23. The Balaban J connectivity index is 2.71. The summed E-state index contributed by atoms with van der Waals surface area (Å²) < 4.78 is 0. The summed E-state index contributed by atoms with van der Waals surface area (Å²) in [6, 6.07) is 1.50. The van der Waals surface area contributed by atoms with Crippen molar-refractivity contribution in [3.05, 3.63) is 41.1 Å². The van der Waals surface area contributed by atoms with Crippen LogP contribution in [0, 0.1) is 0 Å². The summed E-state index contributed by atoms with van der Waals surface area (Å²) in [5.41, 5.74) is 0.715. The molecule has 0 saturated heterocycles. The summed E-state index contributed by atoms with van der Waals surface area (Å²) in [5, 5.41) is 0. The standard InChI is InChI=1S/C8H10N2O/c1-2-3-4-7-5-8(11)10-6-9-7/h2,5-6H,1,3-4H2,(H,9,10,11). The van der Waals surface area contributed by atoms with E-state index in [-0.39, 0.29) is 5.56 Å². The SMILES string of the molecule is C=CCCc1cc(=O)[nH]cn1. The van der Waals surface area contributed by atoms with E-state index in [4.69, 9.17) is 0 Å². The van der Waals surface area contributed by atoms with Gasteiger partial charge in [-0.15, -0.1) is 6.58 Å². The average molecular weight is 150 g/mol. The largest absolute Gasteiger partial charge is 0.313 e. The highest BCUT2D eigenvalue weighted by atomic mass is 16.1. The van der Waals surface area contributed by atoms with Crippen molar-refractivity contribution in [2.24, 2.45) is 0 Å². The molecular formula is C8H10N2O. The maximum Gasteiger partial charge on any atom is 0.250 e. The zero-order valence-electron chi connectivity index (χ0n) is 6.21. The number of hydrogen-bond donors (Lipinski definition) is 1. The van der Waals surface area contributed by atoms with Crippen molar-refractivity contribution in [2.45, 2.75) is 12.8 Å². The number of hydrogen-bond acceptors (Lipinski definition) is 2. The van der Waals surface area contributed by atoms with E-state index in [0.717, 1.165) is 18.5 Å². The van der Waals surface area contributed by atoms with E-state index in [0.29, 0.717) is 0 Å². The van der Waals surface area contributed by atoms with Gasteiger partial charge in [0.2, 0.25) is 0 Å². The zero-order valence-corrected chi connectivity index (χ0v) is 6.21. The predicted octanol–water partition coefficient (Wildman–Crippen LogP) is 0.888. The number of aromatic nitrogens is 2. The molecule has 1 rings (SSSR count). The van der Waals surface area contributed by atoms with Crippen LogP contribution in [-0.2, 0) is 6.42 Å². The van der Waals surface area contributed by atoms with Crippen molar-refractivity contribution in [1.29, 1.82) is 0 Å². The van der Waals surface area contributed by atoms with Gasteiger partial charge in [0.05, 0.1) is 6.33 Å². The third-order valence-corrected chi connectivity index (χ3v) is 1.34. The molecule has 0 saturated carbocycles. The summed E-state index contributed by atoms with van der Waals surface area (Å²) in [7, 11) is 0. The molecule has 1 N–H and O–H groups in total. The summed E-state index contributed by atoms with van der Waals surface area (Å²) >= 11 is 0. The Morgan fingerprint density at radius 3 is 3.18 bits per heavy atom. The third-order valence-electron chi connectivity index (χ3n) is 1.34. The van der Waals surface area contributed by atoms with Crippen molar-refractivity contribution in [1.82, 2.24) is 9.97 Å². The molecule has 1 aromatic rings. The minimum absolute atomic E-state index is 0.0981. The van der Waals surface area contributed by atoms with Gasteiger partial charge in [-0.1, -0.05) is 6.08 Å². The van der Waals surface area contributed by atoms with Gasteiger partial charge in [0.1, 0.15) is 0 Å². The van der Waals surface area contributed by atoms with Crippen LogP contribution >= 0.6 is 0 Å². The van der Waals surface area contributed by atoms with Crippen LogP contribution in [0.5, 0.6) is 0 Å². The second kappa shape index (κ2) is 3.71. The lowest BCUT2D eigenvalue weighted by Gasteiger charge is -1.93. The summed E-state index contributed by atoms with van der Waals surface area (Å²) in [6.45, 7) is 3.58. The highest BCUT2D eigenvalue weighted by Crippen LogP contribution is 1.93.